The van der Waals surface area contributed by atoms with Crippen molar-refractivity contribution < 1.29 is 28.9 Å². The standard InChI is InChI=1S/C25H33NO6/c1-6-10-21(24(16(2)3)31-18-11-8-7-9-12-18)32-25(29)17(4)15-19(27)22-23(28)20(30-5)13-14-26-22/h7-9,11-14,16-17,21,24,28H,6,10,15H2,1-5H3/t17-,21-,24-/m1/s1. The van der Waals surface area contributed by atoms with E-state index in [1.54, 1.807) is 6.92 Å². The predicted octanol–water partition coefficient (Wildman–Crippen LogP) is 4.82. The molecule has 2 aromatic rings. The molecule has 2 rings (SSSR count). The number of Topliss-reactive ketones (excluding diaryl/α,β-unsaturated/α-hetero) is 1. The van der Waals surface area contributed by atoms with Gasteiger partial charge in [-0.2, -0.15) is 0 Å². The molecule has 0 radical (unpaired) electrons. The molecule has 7 nitrogen and oxygen atoms in total. The van der Waals surface area contributed by atoms with Gasteiger partial charge in [0.15, 0.2) is 23.0 Å². The molecule has 1 heterocycles. The van der Waals surface area contributed by atoms with E-state index in [0.29, 0.717) is 12.2 Å². The third kappa shape index (κ3) is 6.70. The topological polar surface area (TPSA) is 95.0 Å². The van der Waals surface area contributed by atoms with Crippen LogP contribution in [0.1, 0.15) is 57.4 Å². The van der Waals surface area contributed by atoms with Crippen molar-refractivity contribution >= 4 is 11.8 Å². The zero-order chi connectivity index (χ0) is 23.7. The second-order valence-electron chi connectivity index (χ2n) is 8.14. The van der Waals surface area contributed by atoms with Gasteiger partial charge in [0, 0.05) is 18.7 Å². The second-order valence-corrected chi connectivity index (χ2v) is 8.14. The van der Waals surface area contributed by atoms with Crippen LogP contribution in [0.4, 0.5) is 0 Å². The van der Waals surface area contributed by atoms with Gasteiger partial charge in [0.05, 0.1) is 13.0 Å². The van der Waals surface area contributed by atoms with E-state index in [1.807, 2.05) is 51.1 Å². The lowest BCUT2D eigenvalue weighted by Gasteiger charge is -2.31. The van der Waals surface area contributed by atoms with Crippen LogP contribution in [0.15, 0.2) is 42.6 Å². The zero-order valence-electron chi connectivity index (χ0n) is 19.4. The van der Waals surface area contributed by atoms with E-state index in [-0.39, 0.29) is 35.6 Å². The monoisotopic (exact) mass is 443 g/mol. The summed E-state index contributed by atoms with van der Waals surface area (Å²) >= 11 is 0. The van der Waals surface area contributed by atoms with Gasteiger partial charge in [-0.25, -0.2) is 4.98 Å². The molecule has 0 saturated heterocycles. The van der Waals surface area contributed by atoms with Gasteiger partial charge in [-0.15, -0.1) is 0 Å². The Morgan fingerprint density at radius 3 is 2.38 bits per heavy atom. The molecule has 174 valence electrons. The van der Waals surface area contributed by atoms with Crippen LogP contribution < -0.4 is 9.47 Å². The predicted molar refractivity (Wildman–Crippen MR) is 121 cm³/mol. The first-order chi connectivity index (χ1) is 15.3. The van der Waals surface area contributed by atoms with Crippen LogP contribution in [0.5, 0.6) is 17.2 Å². The number of ether oxygens (including phenoxy) is 3. The van der Waals surface area contributed by atoms with Gasteiger partial charge in [0.1, 0.15) is 18.0 Å². The average molecular weight is 444 g/mol. The summed E-state index contributed by atoms with van der Waals surface area (Å²) in [5.74, 6) is -1.01. The smallest absolute Gasteiger partial charge is 0.309 e. The quantitative estimate of drug-likeness (QED) is 0.371. The van der Waals surface area contributed by atoms with Gasteiger partial charge in [-0.3, -0.25) is 9.59 Å². The molecule has 0 amide bonds. The minimum atomic E-state index is -0.709. The number of pyridine rings is 1. The highest BCUT2D eigenvalue weighted by Gasteiger charge is 2.32. The van der Waals surface area contributed by atoms with Crippen molar-refractivity contribution in [1.82, 2.24) is 4.98 Å². The summed E-state index contributed by atoms with van der Waals surface area (Å²) in [6.07, 6.45) is 1.91. The molecule has 0 fully saturated rings. The fourth-order valence-electron chi connectivity index (χ4n) is 3.40. The number of ketones is 1. The number of carbonyl (C=O) groups excluding carboxylic acids is 2. The van der Waals surface area contributed by atoms with Crippen LogP contribution in [-0.4, -0.2) is 41.2 Å². The second kappa shape index (κ2) is 12.1. The third-order valence-corrected chi connectivity index (χ3v) is 5.14. The summed E-state index contributed by atoms with van der Waals surface area (Å²) in [6, 6.07) is 10.9. The van der Waals surface area contributed by atoms with E-state index < -0.39 is 23.8 Å². The van der Waals surface area contributed by atoms with Gasteiger partial charge in [0.25, 0.3) is 0 Å². The number of rotatable bonds is 12. The first-order valence-corrected chi connectivity index (χ1v) is 11.0. The molecule has 0 spiro atoms. The molecule has 7 heteroatoms. The maximum Gasteiger partial charge on any atom is 0.309 e. The summed E-state index contributed by atoms with van der Waals surface area (Å²) in [5, 5.41) is 10.2. The summed E-state index contributed by atoms with van der Waals surface area (Å²) in [4.78, 5) is 29.4. The Balaban J connectivity index is 2.09. The zero-order valence-corrected chi connectivity index (χ0v) is 19.4. The third-order valence-electron chi connectivity index (χ3n) is 5.14. The number of hydrogen-bond donors (Lipinski definition) is 1. The first-order valence-electron chi connectivity index (χ1n) is 11.0. The number of hydrogen-bond acceptors (Lipinski definition) is 7. The first kappa shape index (κ1) is 25.2. The molecule has 3 atom stereocenters. The van der Waals surface area contributed by atoms with Gasteiger partial charge < -0.3 is 19.3 Å². The molecule has 1 N–H and O–H groups in total. The number of esters is 1. The van der Waals surface area contributed by atoms with E-state index in [0.717, 1.165) is 6.42 Å². The fraction of sp³-hybridized carbons (Fsp3) is 0.480. The molecule has 0 bridgehead atoms. The minimum absolute atomic E-state index is 0.106. The summed E-state index contributed by atoms with van der Waals surface area (Å²) in [5.41, 5.74) is -0.124. The Hall–Kier alpha value is -3.09. The number of aromatic nitrogens is 1. The summed E-state index contributed by atoms with van der Waals surface area (Å²) < 4.78 is 17.0. The maximum absolute atomic E-state index is 12.8. The Morgan fingerprint density at radius 2 is 1.78 bits per heavy atom. The van der Waals surface area contributed by atoms with Crippen LogP contribution in [0.2, 0.25) is 0 Å². The molecule has 1 aromatic heterocycles. The molecule has 0 aliphatic carbocycles. The van der Waals surface area contributed by atoms with Crippen molar-refractivity contribution in [3.63, 3.8) is 0 Å². The van der Waals surface area contributed by atoms with Crippen LogP contribution in [0, 0.1) is 11.8 Å². The highest BCUT2D eigenvalue weighted by Crippen LogP contribution is 2.29. The fourth-order valence-corrected chi connectivity index (χ4v) is 3.40. The van der Waals surface area contributed by atoms with Crippen LogP contribution >= 0.6 is 0 Å². The number of methoxy groups -OCH3 is 1. The molecule has 0 unspecified atom stereocenters. The number of carbonyl (C=O) groups is 2. The van der Waals surface area contributed by atoms with Gasteiger partial charge >= 0.3 is 5.97 Å². The highest BCUT2D eigenvalue weighted by molar-refractivity contribution is 5.99. The van der Waals surface area contributed by atoms with E-state index >= 15 is 0 Å². The Morgan fingerprint density at radius 1 is 1.09 bits per heavy atom. The van der Waals surface area contributed by atoms with Crippen LogP contribution in [-0.2, 0) is 9.53 Å². The average Bonchev–Trinajstić information content (AvgIpc) is 2.77. The van der Waals surface area contributed by atoms with E-state index in [2.05, 4.69) is 4.98 Å². The molecule has 0 aliphatic rings. The van der Waals surface area contributed by atoms with Gasteiger partial charge in [-0.05, 0) is 24.5 Å². The number of para-hydroxylation sites is 1. The molecule has 0 aliphatic heterocycles. The summed E-state index contributed by atoms with van der Waals surface area (Å²) in [7, 11) is 1.39. The lowest BCUT2D eigenvalue weighted by Crippen LogP contribution is -2.40. The van der Waals surface area contributed by atoms with Crippen LogP contribution in [0.25, 0.3) is 0 Å². The summed E-state index contributed by atoms with van der Waals surface area (Å²) in [6.45, 7) is 7.69. The molecule has 32 heavy (non-hydrogen) atoms. The van der Waals surface area contributed by atoms with E-state index in [1.165, 1.54) is 19.4 Å². The van der Waals surface area contributed by atoms with Crippen LogP contribution in [0.3, 0.4) is 0 Å². The van der Waals surface area contributed by atoms with Crippen molar-refractivity contribution in [3.05, 3.63) is 48.3 Å². The molecule has 1 aromatic carbocycles. The Kier molecular flexibility index (Phi) is 9.50. The lowest BCUT2D eigenvalue weighted by atomic mass is 9.97. The molecule has 0 saturated carbocycles. The van der Waals surface area contributed by atoms with Crippen molar-refractivity contribution in [2.75, 3.05) is 7.11 Å². The van der Waals surface area contributed by atoms with Crippen molar-refractivity contribution in [3.8, 4) is 17.2 Å². The van der Waals surface area contributed by atoms with Crippen molar-refractivity contribution in [2.24, 2.45) is 11.8 Å². The van der Waals surface area contributed by atoms with Crippen molar-refractivity contribution in [2.45, 2.75) is 59.2 Å². The van der Waals surface area contributed by atoms with E-state index in [4.69, 9.17) is 14.2 Å². The Labute approximate surface area is 189 Å². The highest BCUT2D eigenvalue weighted by atomic mass is 16.6. The normalized spacial score (nSPS) is 13.8. The minimum Gasteiger partial charge on any atom is -0.503 e. The largest absolute Gasteiger partial charge is 0.503 e. The number of aromatic hydroxyl groups is 1. The van der Waals surface area contributed by atoms with E-state index in [9.17, 15) is 14.7 Å². The lowest BCUT2D eigenvalue weighted by molar-refractivity contribution is -0.160. The van der Waals surface area contributed by atoms with Gasteiger partial charge in [-0.1, -0.05) is 52.3 Å². The number of benzene rings is 1. The molecular formula is C25H33NO6. The number of nitrogens with zero attached hydrogens (tertiary/aromatic N) is 1. The van der Waals surface area contributed by atoms with Crippen molar-refractivity contribution in [1.29, 1.82) is 0 Å². The maximum atomic E-state index is 12.8. The SMILES string of the molecule is CCC[C@@H](OC(=O)[C@H](C)CC(=O)c1nccc(OC)c1O)[C@H](Oc1ccccc1)C(C)C. The Bertz CT molecular complexity index is 883. The van der Waals surface area contributed by atoms with Gasteiger partial charge in [0.2, 0.25) is 0 Å². The molecular weight excluding hydrogens is 410 g/mol.